The summed E-state index contributed by atoms with van der Waals surface area (Å²) >= 11 is 1.36. The van der Waals surface area contributed by atoms with Crippen molar-refractivity contribution >= 4 is 17.7 Å². The molecule has 0 aromatic heterocycles. The van der Waals surface area contributed by atoms with Crippen LogP contribution in [-0.2, 0) is 11.3 Å². The van der Waals surface area contributed by atoms with Crippen molar-refractivity contribution in [3.05, 3.63) is 29.8 Å². The molecule has 0 saturated heterocycles. The van der Waals surface area contributed by atoms with Crippen molar-refractivity contribution in [1.29, 1.82) is 0 Å². The van der Waals surface area contributed by atoms with Crippen molar-refractivity contribution in [2.45, 2.75) is 43.5 Å². The van der Waals surface area contributed by atoms with Crippen LogP contribution in [0.1, 0.15) is 26.3 Å². The highest BCUT2D eigenvalue weighted by molar-refractivity contribution is 8.00. The standard InChI is InChI=1S/C13H19NO2S/c1-9(2)14-8-11-4-6-12(7-5-11)17-10(3)13(15)16/h4-7,9-10,14H,8H2,1-3H3,(H,15,16). The number of carbonyl (C=O) groups is 1. The van der Waals surface area contributed by atoms with Crippen LogP contribution >= 0.6 is 11.8 Å². The topological polar surface area (TPSA) is 49.3 Å². The van der Waals surface area contributed by atoms with Crippen molar-refractivity contribution in [1.82, 2.24) is 5.32 Å². The van der Waals surface area contributed by atoms with E-state index in [0.29, 0.717) is 6.04 Å². The highest BCUT2D eigenvalue weighted by Crippen LogP contribution is 2.23. The van der Waals surface area contributed by atoms with Gasteiger partial charge in [-0.05, 0) is 24.6 Å². The van der Waals surface area contributed by atoms with Gasteiger partial charge in [0.25, 0.3) is 0 Å². The zero-order valence-electron chi connectivity index (χ0n) is 10.4. The number of nitrogens with one attached hydrogen (secondary N) is 1. The molecule has 1 atom stereocenters. The number of rotatable bonds is 6. The van der Waals surface area contributed by atoms with Crippen molar-refractivity contribution in [3.8, 4) is 0 Å². The summed E-state index contributed by atoms with van der Waals surface area (Å²) < 4.78 is 0. The summed E-state index contributed by atoms with van der Waals surface area (Å²) in [6.45, 7) is 6.76. The second kappa shape index (κ2) is 6.67. The summed E-state index contributed by atoms with van der Waals surface area (Å²) in [5.74, 6) is -0.777. The van der Waals surface area contributed by atoms with E-state index in [9.17, 15) is 4.79 Å². The second-order valence-electron chi connectivity index (χ2n) is 4.28. The van der Waals surface area contributed by atoms with Crippen molar-refractivity contribution in [2.75, 3.05) is 0 Å². The molecule has 0 aliphatic carbocycles. The number of hydrogen-bond donors (Lipinski definition) is 2. The van der Waals surface area contributed by atoms with Crippen LogP contribution in [0.15, 0.2) is 29.2 Å². The molecule has 0 heterocycles. The zero-order valence-corrected chi connectivity index (χ0v) is 11.3. The molecule has 0 radical (unpaired) electrons. The average Bonchev–Trinajstić information content (AvgIpc) is 2.28. The normalized spacial score (nSPS) is 12.7. The van der Waals surface area contributed by atoms with E-state index >= 15 is 0 Å². The SMILES string of the molecule is CC(C)NCc1ccc(SC(C)C(=O)O)cc1. The Hall–Kier alpha value is -1.00. The van der Waals surface area contributed by atoms with Crippen LogP contribution in [0.5, 0.6) is 0 Å². The fourth-order valence-corrected chi connectivity index (χ4v) is 2.06. The lowest BCUT2D eigenvalue weighted by Gasteiger charge is -2.09. The molecule has 4 heteroatoms. The summed E-state index contributed by atoms with van der Waals surface area (Å²) in [5, 5.41) is 11.7. The fraction of sp³-hybridized carbons (Fsp3) is 0.462. The van der Waals surface area contributed by atoms with Gasteiger partial charge in [0, 0.05) is 17.5 Å². The molecule has 0 aliphatic heterocycles. The van der Waals surface area contributed by atoms with Gasteiger partial charge in [-0.15, -0.1) is 11.8 Å². The maximum absolute atomic E-state index is 10.7. The van der Waals surface area contributed by atoms with Gasteiger partial charge in [-0.25, -0.2) is 0 Å². The minimum absolute atomic E-state index is 0.408. The third kappa shape index (κ3) is 5.24. The predicted molar refractivity (Wildman–Crippen MR) is 71.4 cm³/mol. The van der Waals surface area contributed by atoms with Gasteiger partial charge in [0.1, 0.15) is 5.25 Å². The van der Waals surface area contributed by atoms with Gasteiger partial charge in [-0.1, -0.05) is 26.0 Å². The predicted octanol–water partition coefficient (Wildman–Crippen LogP) is 2.75. The first kappa shape index (κ1) is 14.1. The minimum atomic E-state index is -0.777. The van der Waals surface area contributed by atoms with Gasteiger partial charge in [0.05, 0.1) is 0 Å². The van der Waals surface area contributed by atoms with Gasteiger partial charge in [-0.2, -0.15) is 0 Å². The van der Waals surface area contributed by atoms with Crippen LogP contribution < -0.4 is 5.32 Å². The van der Waals surface area contributed by atoms with E-state index in [2.05, 4.69) is 19.2 Å². The lowest BCUT2D eigenvalue weighted by atomic mass is 10.2. The van der Waals surface area contributed by atoms with Gasteiger partial charge in [0.15, 0.2) is 0 Å². The first-order valence-electron chi connectivity index (χ1n) is 5.71. The summed E-state index contributed by atoms with van der Waals surface area (Å²) in [4.78, 5) is 11.7. The maximum atomic E-state index is 10.7. The molecule has 0 spiro atoms. The molecule has 1 rings (SSSR count). The van der Waals surface area contributed by atoms with Crippen LogP contribution in [0.4, 0.5) is 0 Å². The Labute approximate surface area is 107 Å². The lowest BCUT2D eigenvalue weighted by molar-refractivity contribution is -0.136. The molecule has 0 fully saturated rings. The van der Waals surface area contributed by atoms with Gasteiger partial charge >= 0.3 is 5.97 Å². The zero-order chi connectivity index (χ0) is 12.8. The second-order valence-corrected chi connectivity index (χ2v) is 5.69. The fourth-order valence-electron chi connectivity index (χ4n) is 1.26. The van der Waals surface area contributed by atoms with E-state index < -0.39 is 11.2 Å². The Morgan fingerprint density at radius 3 is 2.35 bits per heavy atom. The molecular formula is C13H19NO2S. The lowest BCUT2D eigenvalue weighted by Crippen LogP contribution is -2.21. The molecule has 3 nitrogen and oxygen atoms in total. The summed E-state index contributed by atoms with van der Waals surface area (Å²) in [5.41, 5.74) is 1.21. The maximum Gasteiger partial charge on any atom is 0.316 e. The third-order valence-electron chi connectivity index (χ3n) is 2.30. The van der Waals surface area contributed by atoms with E-state index in [1.807, 2.05) is 24.3 Å². The molecule has 0 amide bonds. The molecule has 17 heavy (non-hydrogen) atoms. The van der Waals surface area contributed by atoms with Crippen LogP contribution in [0.2, 0.25) is 0 Å². The highest BCUT2D eigenvalue weighted by Gasteiger charge is 2.11. The van der Waals surface area contributed by atoms with Crippen LogP contribution in [0.25, 0.3) is 0 Å². The number of benzene rings is 1. The first-order valence-corrected chi connectivity index (χ1v) is 6.59. The van der Waals surface area contributed by atoms with Crippen LogP contribution in [0, 0.1) is 0 Å². The Balaban J connectivity index is 2.53. The van der Waals surface area contributed by atoms with Gasteiger partial charge in [-0.3, -0.25) is 4.79 Å². The smallest absolute Gasteiger partial charge is 0.316 e. The quantitative estimate of drug-likeness (QED) is 0.765. The molecule has 1 aromatic rings. The molecular weight excluding hydrogens is 234 g/mol. The Morgan fingerprint density at radius 1 is 1.29 bits per heavy atom. The van der Waals surface area contributed by atoms with Crippen LogP contribution in [0.3, 0.4) is 0 Å². The van der Waals surface area contributed by atoms with E-state index in [1.165, 1.54) is 17.3 Å². The molecule has 94 valence electrons. The largest absolute Gasteiger partial charge is 0.480 e. The highest BCUT2D eigenvalue weighted by atomic mass is 32.2. The van der Waals surface area contributed by atoms with E-state index in [4.69, 9.17) is 5.11 Å². The monoisotopic (exact) mass is 253 g/mol. The van der Waals surface area contributed by atoms with Crippen molar-refractivity contribution in [2.24, 2.45) is 0 Å². The number of thioether (sulfide) groups is 1. The number of carboxylic acids is 1. The van der Waals surface area contributed by atoms with Gasteiger partial charge < -0.3 is 10.4 Å². The molecule has 1 unspecified atom stereocenters. The Bertz CT molecular complexity index is 362. The molecule has 0 saturated carbocycles. The Morgan fingerprint density at radius 2 is 1.88 bits per heavy atom. The summed E-state index contributed by atoms with van der Waals surface area (Å²) in [7, 11) is 0. The van der Waals surface area contributed by atoms with E-state index in [-0.39, 0.29) is 0 Å². The number of aliphatic carboxylic acids is 1. The molecule has 1 aromatic carbocycles. The summed E-state index contributed by atoms with van der Waals surface area (Å²) in [6.07, 6.45) is 0. The number of hydrogen-bond acceptors (Lipinski definition) is 3. The minimum Gasteiger partial charge on any atom is -0.480 e. The average molecular weight is 253 g/mol. The number of carboxylic acid groups (broad SMARTS) is 1. The molecule has 0 bridgehead atoms. The van der Waals surface area contributed by atoms with Gasteiger partial charge in [0.2, 0.25) is 0 Å². The third-order valence-corrected chi connectivity index (χ3v) is 3.40. The Kier molecular flexibility index (Phi) is 5.51. The summed E-state index contributed by atoms with van der Waals surface area (Å²) in [6, 6.07) is 8.48. The van der Waals surface area contributed by atoms with Crippen LogP contribution in [-0.4, -0.2) is 22.4 Å². The molecule has 0 aliphatic rings. The van der Waals surface area contributed by atoms with Crippen molar-refractivity contribution < 1.29 is 9.90 Å². The molecule has 2 N–H and O–H groups in total. The van der Waals surface area contributed by atoms with E-state index in [0.717, 1.165) is 11.4 Å². The van der Waals surface area contributed by atoms with Crippen molar-refractivity contribution in [3.63, 3.8) is 0 Å². The first-order chi connectivity index (χ1) is 7.99. The van der Waals surface area contributed by atoms with E-state index in [1.54, 1.807) is 6.92 Å².